The first-order valence-electron chi connectivity index (χ1n) is 11.7. The number of Topliss-reactive ketones (excluding diaryl/α,β-unsaturated/α-hetero) is 1. The van der Waals surface area contributed by atoms with Gasteiger partial charge in [0, 0.05) is 84.8 Å². The fraction of sp³-hybridized carbons (Fsp3) is 0.222. The van der Waals surface area contributed by atoms with Crippen LogP contribution in [-0.2, 0) is 6.42 Å². The maximum Gasteiger partial charge on any atom is 0.169 e. The molecule has 0 bridgehead atoms. The van der Waals surface area contributed by atoms with Crippen LogP contribution in [0.5, 0.6) is 0 Å². The van der Waals surface area contributed by atoms with Crippen molar-refractivity contribution in [3.05, 3.63) is 78.6 Å². The number of aromatic amines is 1. The smallest absolute Gasteiger partial charge is 0.169 e. The van der Waals surface area contributed by atoms with Gasteiger partial charge in [-0.2, -0.15) is 0 Å². The molecule has 1 aliphatic heterocycles. The van der Waals surface area contributed by atoms with Gasteiger partial charge >= 0.3 is 0 Å². The number of aromatic nitrogens is 5. The summed E-state index contributed by atoms with van der Waals surface area (Å²) >= 11 is 0. The first kappa shape index (κ1) is 21.4. The number of hydrogen-bond donors (Lipinski definition) is 1. The van der Waals surface area contributed by atoms with Crippen LogP contribution in [0.4, 0.5) is 5.82 Å². The van der Waals surface area contributed by atoms with Gasteiger partial charge in [-0.3, -0.25) is 14.8 Å². The Morgan fingerprint density at radius 1 is 0.886 bits per heavy atom. The van der Waals surface area contributed by atoms with Gasteiger partial charge < -0.3 is 14.8 Å². The van der Waals surface area contributed by atoms with Crippen molar-refractivity contribution in [2.24, 2.45) is 0 Å². The normalized spacial score (nSPS) is 14.6. The van der Waals surface area contributed by atoms with Gasteiger partial charge in [0.25, 0.3) is 0 Å². The van der Waals surface area contributed by atoms with E-state index in [0.29, 0.717) is 5.56 Å². The first-order valence-corrected chi connectivity index (χ1v) is 11.7. The zero-order valence-corrected chi connectivity index (χ0v) is 19.5. The van der Waals surface area contributed by atoms with E-state index in [2.05, 4.69) is 47.8 Å². The van der Waals surface area contributed by atoms with E-state index in [1.807, 2.05) is 42.9 Å². The van der Waals surface area contributed by atoms with Crippen LogP contribution in [0.25, 0.3) is 33.1 Å². The van der Waals surface area contributed by atoms with Gasteiger partial charge in [-0.15, -0.1) is 0 Å². The quantitative estimate of drug-likeness (QED) is 0.397. The minimum Gasteiger partial charge on any atom is -0.354 e. The summed E-state index contributed by atoms with van der Waals surface area (Å²) in [6.07, 6.45) is 9.25. The minimum absolute atomic E-state index is 0.0333. The number of nitrogens with zero attached hydrogens (tertiary/aromatic N) is 6. The number of likely N-dealkylation sites (N-methyl/N-ethyl adjacent to an activating group) is 1. The predicted molar refractivity (Wildman–Crippen MR) is 137 cm³/mol. The number of fused-ring (bicyclic) bond motifs is 2. The van der Waals surface area contributed by atoms with Crippen molar-refractivity contribution in [3.63, 3.8) is 0 Å². The van der Waals surface area contributed by atoms with Gasteiger partial charge in [-0.05, 0) is 48.8 Å². The van der Waals surface area contributed by atoms with Crippen LogP contribution in [-0.4, -0.2) is 68.8 Å². The molecule has 5 aromatic rings. The molecule has 1 aliphatic rings. The molecule has 6 rings (SSSR count). The molecule has 8 nitrogen and oxygen atoms in total. The standard InChI is InChI=1S/C27H25N7O/c1-33-6-8-34(9-7-33)26-13-18(2-4-28-26)25(35)14-23-11-20-12-24(31-17-22(20)16-30-23)21-10-19-3-5-29-27(19)32-15-21/h2-5,10-13,15-17H,6-9,14H2,1H3,(H,29,32). The van der Waals surface area contributed by atoms with Crippen LogP contribution in [0, 0.1) is 0 Å². The summed E-state index contributed by atoms with van der Waals surface area (Å²) in [5.74, 6) is 0.894. The topological polar surface area (TPSA) is 90.9 Å². The molecule has 0 atom stereocenters. The number of hydrogen-bond acceptors (Lipinski definition) is 7. The number of anilines is 1. The number of nitrogens with one attached hydrogen (secondary N) is 1. The van der Waals surface area contributed by atoms with Gasteiger partial charge in [0.15, 0.2) is 5.78 Å². The Balaban J connectivity index is 1.24. The number of pyridine rings is 4. The minimum atomic E-state index is 0.0333. The fourth-order valence-electron chi connectivity index (χ4n) is 4.48. The highest BCUT2D eigenvalue weighted by Crippen LogP contribution is 2.24. The van der Waals surface area contributed by atoms with E-state index in [4.69, 9.17) is 0 Å². The van der Waals surface area contributed by atoms with Crippen molar-refractivity contribution in [1.29, 1.82) is 0 Å². The van der Waals surface area contributed by atoms with Gasteiger partial charge in [0.05, 0.1) is 12.1 Å². The van der Waals surface area contributed by atoms with Crippen molar-refractivity contribution >= 4 is 33.4 Å². The number of piperazine rings is 1. The summed E-state index contributed by atoms with van der Waals surface area (Å²) in [6, 6.07) is 11.8. The molecule has 35 heavy (non-hydrogen) atoms. The SMILES string of the molecule is CN1CCN(c2cc(C(=O)Cc3cc4cc(-c5cnc6[nH]ccc6c5)ncc4cn3)ccn2)CC1. The Bertz CT molecular complexity index is 1540. The lowest BCUT2D eigenvalue weighted by atomic mass is 10.0. The summed E-state index contributed by atoms with van der Waals surface area (Å²) in [5.41, 5.74) is 4.03. The summed E-state index contributed by atoms with van der Waals surface area (Å²) in [5, 5.41) is 2.97. The van der Waals surface area contributed by atoms with E-state index in [1.54, 1.807) is 18.5 Å². The summed E-state index contributed by atoms with van der Waals surface area (Å²) in [6.45, 7) is 3.81. The van der Waals surface area contributed by atoms with Crippen LogP contribution >= 0.6 is 0 Å². The Labute approximate surface area is 202 Å². The second-order valence-electron chi connectivity index (χ2n) is 9.02. The molecule has 0 aromatic carbocycles. The maximum atomic E-state index is 13.1. The number of H-pyrrole nitrogens is 1. The molecular formula is C27H25N7O. The van der Waals surface area contributed by atoms with Crippen LogP contribution in [0.2, 0.25) is 0 Å². The highest BCUT2D eigenvalue weighted by atomic mass is 16.1. The van der Waals surface area contributed by atoms with E-state index in [0.717, 1.165) is 70.8 Å². The summed E-state index contributed by atoms with van der Waals surface area (Å²) in [4.78, 5) is 38.8. The van der Waals surface area contributed by atoms with Gasteiger partial charge in [-0.1, -0.05) is 0 Å². The number of ketones is 1. The Kier molecular flexibility index (Phi) is 5.42. The van der Waals surface area contributed by atoms with Crippen molar-refractivity contribution in [2.45, 2.75) is 6.42 Å². The fourth-order valence-corrected chi connectivity index (χ4v) is 4.48. The van der Waals surface area contributed by atoms with E-state index in [1.165, 1.54) is 0 Å². The van der Waals surface area contributed by atoms with Crippen LogP contribution < -0.4 is 4.90 Å². The average molecular weight is 464 g/mol. The van der Waals surface area contributed by atoms with Gasteiger partial charge in [0.1, 0.15) is 11.5 Å². The van der Waals surface area contributed by atoms with Crippen molar-refractivity contribution < 1.29 is 4.79 Å². The van der Waals surface area contributed by atoms with E-state index >= 15 is 0 Å². The lowest BCUT2D eigenvalue weighted by Crippen LogP contribution is -2.44. The van der Waals surface area contributed by atoms with E-state index in [9.17, 15) is 4.79 Å². The van der Waals surface area contributed by atoms with Crippen molar-refractivity contribution in [3.8, 4) is 11.3 Å². The Hall–Kier alpha value is -4.17. The monoisotopic (exact) mass is 463 g/mol. The Morgan fingerprint density at radius 3 is 2.63 bits per heavy atom. The third-order valence-electron chi connectivity index (χ3n) is 6.59. The molecule has 0 amide bonds. The number of rotatable bonds is 5. The summed E-state index contributed by atoms with van der Waals surface area (Å²) in [7, 11) is 2.12. The lowest BCUT2D eigenvalue weighted by Gasteiger charge is -2.33. The van der Waals surface area contributed by atoms with Crippen molar-refractivity contribution in [2.75, 3.05) is 38.1 Å². The molecule has 0 spiro atoms. The van der Waals surface area contributed by atoms with Crippen molar-refractivity contribution in [1.82, 2.24) is 29.8 Å². The second-order valence-corrected chi connectivity index (χ2v) is 9.02. The summed E-state index contributed by atoms with van der Waals surface area (Å²) < 4.78 is 0. The number of carbonyl (C=O) groups is 1. The molecule has 6 heterocycles. The van der Waals surface area contributed by atoms with Gasteiger partial charge in [-0.25, -0.2) is 9.97 Å². The Morgan fingerprint density at radius 2 is 1.74 bits per heavy atom. The molecule has 0 radical (unpaired) electrons. The molecule has 1 fully saturated rings. The molecule has 174 valence electrons. The van der Waals surface area contributed by atoms with E-state index < -0.39 is 0 Å². The number of carbonyl (C=O) groups excluding carboxylic acids is 1. The molecule has 1 saturated heterocycles. The third-order valence-corrected chi connectivity index (χ3v) is 6.59. The molecular weight excluding hydrogens is 438 g/mol. The molecule has 0 unspecified atom stereocenters. The molecule has 1 N–H and O–H groups in total. The maximum absolute atomic E-state index is 13.1. The van der Waals surface area contributed by atoms with Crippen LogP contribution in [0.3, 0.4) is 0 Å². The molecule has 8 heteroatoms. The molecule has 0 aliphatic carbocycles. The lowest BCUT2D eigenvalue weighted by molar-refractivity contribution is 0.0992. The van der Waals surface area contributed by atoms with Crippen LogP contribution in [0.15, 0.2) is 67.4 Å². The zero-order valence-electron chi connectivity index (χ0n) is 19.5. The zero-order chi connectivity index (χ0) is 23.8. The molecule has 0 saturated carbocycles. The van der Waals surface area contributed by atoms with E-state index in [-0.39, 0.29) is 12.2 Å². The first-order chi connectivity index (χ1) is 17.1. The van der Waals surface area contributed by atoms with Crippen LogP contribution in [0.1, 0.15) is 16.1 Å². The second kappa shape index (κ2) is 8.88. The predicted octanol–water partition coefficient (Wildman–Crippen LogP) is 3.75. The van der Waals surface area contributed by atoms with Gasteiger partial charge in [0.2, 0.25) is 0 Å². The highest BCUT2D eigenvalue weighted by molar-refractivity contribution is 5.98. The third kappa shape index (κ3) is 4.36. The highest BCUT2D eigenvalue weighted by Gasteiger charge is 2.17. The molecule has 5 aromatic heterocycles. The average Bonchev–Trinajstić information content (AvgIpc) is 3.37. The largest absolute Gasteiger partial charge is 0.354 e.